The fraction of sp³-hybridized carbons (Fsp3) is 0.182. The van der Waals surface area contributed by atoms with Crippen molar-refractivity contribution in [2.75, 3.05) is 7.11 Å². The number of alkyl halides is 2. The zero-order valence-electron chi connectivity index (χ0n) is 10.3. The predicted molar refractivity (Wildman–Crippen MR) is 63.5 cm³/mol. The van der Waals surface area contributed by atoms with E-state index >= 15 is 0 Å². The molecular weight excluding hydrogens is 274 g/mol. The molecule has 2 rings (SSSR count). The van der Waals surface area contributed by atoms with Crippen molar-refractivity contribution in [3.8, 4) is 22.8 Å². The number of primary amides is 1. The Labute approximate surface area is 111 Å². The molecule has 0 fully saturated rings. The molecule has 0 spiro atoms. The quantitative estimate of drug-likeness (QED) is 0.858. The van der Waals surface area contributed by atoms with Crippen LogP contribution in [0.1, 0.15) is 10.5 Å². The third kappa shape index (κ3) is 2.66. The lowest BCUT2D eigenvalue weighted by Crippen LogP contribution is -2.12. The molecule has 7 nitrogen and oxygen atoms in total. The average molecular weight is 284 g/mol. The molecule has 0 saturated heterocycles. The van der Waals surface area contributed by atoms with Gasteiger partial charge < -0.3 is 15.2 Å². The fourth-order valence-corrected chi connectivity index (χ4v) is 1.61. The summed E-state index contributed by atoms with van der Waals surface area (Å²) in [5, 5.41) is 9.68. The highest BCUT2D eigenvalue weighted by Crippen LogP contribution is 2.33. The molecule has 9 heteroatoms. The third-order valence-electron chi connectivity index (χ3n) is 2.43. The lowest BCUT2D eigenvalue weighted by atomic mass is 10.1. The molecule has 0 unspecified atom stereocenters. The van der Waals surface area contributed by atoms with Crippen LogP contribution in [0.5, 0.6) is 11.5 Å². The minimum Gasteiger partial charge on any atom is -0.493 e. The molecule has 0 radical (unpaired) electrons. The van der Waals surface area contributed by atoms with E-state index < -0.39 is 12.5 Å². The number of carbonyl (C=O) groups is 1. The number of hydrogen-bond donors (Lipinski definition) is 2. The van der Waals surface area contributed by atoms with E-state index in [0.717, 1.165) is 0 Å². The van der Waals surface area contributed by atoms with Gasteiger partial charge in [0.1, 0.15) is 5.69 Å². The van der Waals surface area contributed by atoms with Crippen LogP contribution in [0.3, 0.4) is 0 Å². The molecule has 0 atom stereocenters. The van der Waals surface area contributed by atoms with Gasteiger partial charge in [0.15, 0.2) is 17.2 Å². The van der Waals surface area contributed by atoms with Gasteiger partial charge in [-0.3, -0.25) is 4.79 Å². The first kappa shape index (κ1) is 13.7. The molecule has 106 valence electrons. The third-order valence-corrected chi connectivity index (χ3v) is 2.43. The second-order valence-electron chi connectivity index (χ2n) is 3.63. The SMILES string of the molecule is COc1cc(-c2n[nH]nc2C(N)=O)ccc1OC(F)F. The Bertz CT molecular complexity index is 630. The largest absolute Gasteiger partial charge is 0.493 e. The number of amides is 1. The molecule has 3 N–H and O–H groups in total. The van der Waals surface area contributed by atoms with Gasteiger partial charge in [-0.2, -0.15) is 24.2 Å². The number of carbonyl (C=O) groups excluding carboxylic acids is 1. The van der Waals surface area contributed by atoms with Gasteiger partial charge in [-0.05, 0) is 18.2 Å². The van der Waals surface area contributed by atoms with Crippen LogP contribution in [0.15, 0.2) is 18.2 Å². The first-order valence-corrected chi connectivity index (χ1v) is 5.36. The van der Waals surface area contributed by atoms with Crippen molar-refractivity contribution in [3.05, 3.63) is 23.9 Å². The summed E-state index contributed by atoms with van der Waals surface area (Å²) < 4.78 is 33.7. The zero-order chi connectivity index (χ0) is 14.7. The van der Waals surface area contributed by atoms with E-state index in [0.29, 0.717) is 5.56 Å². The van der Waals surface area contributed by atoms with E-state index in [4.69, 9.17) is 10.5 Å². The number of H-pyrrole nitrogens is 1. The summed E-state index contributed by atoms with van der Waals surface area (Å²) in [6.07, 6.45) is 0. The van der Waals surface area contributed by atoms with Gasteiger partial charge in [0.05, 0.1) is 7.11 Å². The Hall–Kier alpha value is -2.71. The molecule has 1 amide bonds. The lowest BCUT2D eigenvalue weighted by molar-refractivity contribution is -0.0512. The summed E-state index contributed by atoms with van der Waals surface area (Å²) in [4.78, 5) is 11.2. The van der Waals surface area contributed by atoms with Gasteiger partial charge in [-0.1, -0.05) is 0 Å². The van der Waals surface area contributed by atoms with Gasteiger partial charge in [-0.25, -0.2) is 0 Å². The maximum atomic E-state index is 12.2. The summed E-state index contributed by atoms with van der Waals surface area (Å²) in [5.41, 5.74) is 5.70. The second kappa shape index (κ2) is 5.51. The van der Waals surface area contributed by atoms with Crippen molar-refractivity contribution in [3.63, 3.8) is 0 Å². The number of hydrogen-bond acceptors (Lipinski definition) is 5. The van der Waals surface area contributed by atoms with E-state index in [-0.39, 0.29) is 22.9 Å². The number of methoxy groups -OCH3 is 1. The fourth-order valence-electron chi connectivity index (χ4n) is 1.61. The van der Waals surface area contributed by atoms with Crippen molar-refractivity contribution in [1.29, 1.82) is 0 Å². The van der Waals surface area contributed by atoms with Crippen molar-refractivity contribution in [2.24, 2.45) is 5.73 Å². The molecule has 1 aromatic carbocycles. The van der Waals surface area contributed by atoms with Gasteiger partial charge in [0, 0.05) is 5.56 Å². The molecule has 0 aliphatic rings. The van der Waals surface area contributed by atoms with Crippen molar-refractivity contribution >= 4 is 5.91 Å². The average Bonchev–Trinajstić information content (AvgIpc) is 2.88. The molecular formula is C11H10F2N4O3. The number of nitrogens with one attached hydrogen (secondary N) is 1. The number of ether oxygens (including phenoxy) is 2. The van der Waals surface area contributed by atoms with Crippen LogP contribution in [0.4, 0.5) is 8.78 Å². The van der Waals surface area contributed by atoms with E-state index in [2.05, 4.69) is 20.1 Å². The first-order chi connectivity index (χ1) is 9.52. The Kier molecular flexibility index (Phi) is 3.78. The lowest BCUT2D eigenvalue weighted by Gasteiger charge is -2.10. The maximum absolute atomic E-state index is 12.2. The molecule has 0 aliphatic heterocycles. The van der Waals surface area contributed by atoms with Crippen LogP contribution in [0, 0.1) is 0 Å². The Morgan fingerprint density at radius 2 is 2.10 bits per heavy atom. The smallest absolute Gasteiger partial charge is 0.387 e. The van der Waals surface area contributed by atoms with Gasteiger partial charge in [0.2, 0.25) is 0 Å². The Morgan fingerprint density at radius 1 is 1.35 bits per heavy atom. The Morgan fingerprint density at radius 3 is 2.70 bits per heavy atom. The molecule has 1 heterocycles. The molecule has 0 saturated carbocycles. The van der Waals surface area contributed by atoms with Crippen LogP contribution in [0.25, 0.3) is 11.3 Å². The van der Waals surface area contributed by atoms with Crippen molar-refractivity contribution in [1.82, 2.24) is 15.4 Å². The minimum absolute atomic E-state index is 0.0606. The van der Waals surface area contributed by atoms with Crippen LogP contribution in [-0.4, -0.2) is 35.0 Å². The Balaban J connectivity index is 2.43. The number of halogens is 2. The summed E-state index contributed by atoms with van der Waals surface area (Å²) in [6.45, 7) is -2.97. The summed E-state index contributed by atoms with van der Waals surface area (Å²) in [5.74, 6) is -0.822. The number of nitrogens with two attached hydrogens (primary N) is 1. The normalized spacial score (nSPS) is 10.6. The molecule has 2 aromatic rings. The van der Waals surface area contributed by atoms with Gasteiger partial charge in [0.25, 0.3) is 5.91 Å². The monoisotopic (exact) mass is 284 g/mol. The van der Waals surface area contributed by atoms with Crippen molar-refractivity contribution in [2.45, 2.75) is 6.61 Å². The van der Waals surface area contributed by atoms with E-state index in [1.54, 1.807) is 0 Å². The van der Waals surface area contributed by atoms with Gasteiger partial charge >= 0.3 is 6.61 Å². The topological polar surface area (TPSA) is 103 Å². The van der Waals surface area contributed by atoms with E-state index in [9.17, 15) is 13.6 Å². The van der Waals surface area contributed by atoms with E-state index in [1.807, 2.05) is 0 Å². The summed E-state index contributed by atoms with van der Waals surface area (Å²) in [7, 11) is 1.30. The summed E-state index contributed by atoms with van der Waals surface area (Å²) >= 11 is 0. The second-order valence-corrected chi connectivity index (χ2v) is 3.63. The van der Waals surface area contributed by atoms with Crippen LogP contribution in [-0.2, 0) is 0 Å². The molecule has 1 aromatic heterocycles. The molecule has 20 heavy (non-hydrogen) atoms. The predicted octanol–water partition coefficient (Wildman–Crippen LogP) is 1.18. The van der Waals surface area contributed by atoms with Crippen molar-refractivity contribution < 1.29 is 23.0 Å². The number of rotatable bonds is 5. The standard InChI is InChI=1S/C11H10F2N4O3/c1-19-7-4-5(2-3-6(7)20-11(12)13)8-9(10(14)18)16-17-15-8/h2-4,11H,1H3,(H2,14,18)(H,15,16,17). The number of nitrogens with zero attached hydrogens (tertiary/aromatic N) is 2. The highest BCUT2D eigenvalue weighted by Gasteiger charge is 2.18. The molecule has 0 aliphatic carbocycles. The number of benzene rings is 1. The first-order valence-electron chi connectivity index (χ1n) is 5.36. The van der Waals surface area contributed by atoms with Crippen LogP contribution in [0.2, 0.25) is 0 Å². The number of aromatic amines is 1. The molecule has 0 bridgehead atoms. The van der Waals surface area contributed by atoms with Crippen LogP contribution >= 0.6 is 0 Å². The number of aromatic nitrogens is 3. The minimum atomic E-state index is -2.97. The zero-order valence-corrected chi connectivity index (χ0v) is 10.3. The van der Waals surface area contributed by atoms with E-state index in [1.165, 1.54) is 25.3 Å². The highest BCUT2D eigenvalue weighted by atomic mass is 19.3. The van der Waals surface area contributed by atoms with Crippen LogP contribution < -0.4 is 15.2 Å². The highest BCUT2D eigenvalue weighted by molar-refractivity contribution is 5.96. The van der Waals surface area contributed by atoms with Gasteiger partial charge in [-0.15, -0.1) is 0 Å². The summed E-state index contributed by atoms with van der Waals surface area (Å²) in [6, 6.07) is 4.10. The maximum Gasteiger partial charge on any atom is 0.387 e.